The number of pyridine rings is 1. The molecule has 5 nitrogen and oxygen atoms in total. The second-order valence-corrected chi connectivity index (χ2v) is 5.20. The number of nitrogens with two attached hydrogens (primary N) is 1. The van der Waals surface area contributed by atoms with E-state index < -0.39 is 0 Å². The average molecular weight is 264 g/mol. The fourth-order valence-corrected chi connectivity index (χ4v) is 2.22. The molecule has 0 aliphatic heterocycles. The van der Waals surface area contributed by atoms with Crippen molar-refractivity contribution in [2.75, 3.05) is 18.0 Å². The Morgan fingerprint density at radius 1 is 1.47 bits per heavy atom. The van der Waals surface area contributed by atoms with Gasteiger partial charge in [-0.15, -0.1) is 0 Å². The lowest BCUT2D eigenvalue weighted by Gasteiger charge is -2.27. The van der Waals surface area contributed by atoms with Crippen LogP contribution in [0.4, 0.5) is 5.82 Å². The highest BCUT2D eigenvalue weighted by molar-refractivity contribution is 6.02. The normalized spacial score (nSPS) is 12.0. The van der Waals surface area contributed by atoms with Crippen molar-refractivity contribution in [1.29, 1.82) is 0 Å². The van der Waals surface area contributed by atoms with Crippen molar-refractivity contribution < 1.29 is 5.21 Å². The molecule has 0 saturated carbocycles. The summed E-state index contributed by atoms with van der Waals surface area (Å²) in [5.74, 6) is 1.42. The van der Waals surface area contributed by atoms with E-state index in [0.29, 0.717) is 5.92 Å². The number of aromatic nitrogens is 1. The molecular formula is C14H24N4O. The van der Waals surface area contributed by atoms with E-state index in [1.54, 1.807) is 0 Å². The minimum absolute atomic E-state index is 0.113. The van der Waals surface area contributed by atoms with Gasteiger partial charge in [-0.25, -0.2) is 4.98 Å². The molecule has 1 rings (SSSR count). The predicted octanol–water partition coefficient (Wildman–Crippen LogP) is 2.28. The molecule has 0 radical (unpaired) electrons. The van der Waals surface area contributed by atoms with Gasteiger partial charge in [0.05, 0.1) is 5.56 Å². The highest BCUT2D eigenvalue weighted by Crippen LogP contribution is 2.23. The van der Waals surface area contributed by atoms with Gasteiger partial charge in [0.2, 0.25) is 0 Å². The number of nitrogens with zero attached hydrogens (tertiary/aromatic N) is 3. The van der Waals surface area contributed by atoms with Crippen LogP contribution in [0.3, 0.4) is 0 Å². The van der Waals surface area contributed by atoms with Gasteiger partial charge in [-0.1, -0.05) is 19.0 Å². The summed E-state index contributed by atoms with van der Waals surface area (Å²) in [6.07, 6.45) is 0. The molecule has 0 amide bonds. The summed E-state index contributed by atoms with van der Waals surface area (Å²) in [6.45, 7) is 12.0. The Labute approximate surface area is 115 Å². The van der Waals surface area contributed by atoms with Crippen molar-refractivity contribution in [3.63, 3.8) is 0 Å². The van der Waals surface area contributed by atoms with Crippen LogP contribution in [-0.4, -0.2) is 29.1 Å². The van der Waals surface area contributed by atoms with E-state index >= 15 is 0 Å². The number of hydrogen-bond acceptors (Lipinski definition) is 4. The molecule has 1 heterocycles. The number of anilines is 1. The second kappa shape index (κ2) is 6.41. The molecule has 0 saturated heterocycles. The van der Waals surface area contributed by atoms with E-state index in [-0.39, 0.29) is 5.84 Å². The quantitative estimate of drug-likeness (QED) is 0.370. The minimum atomic E-state index is 0.113. The van der Waals surface area contributed by atoms with Gasteiger partial charge in [-0.3, -0.25) is 0 Å². The van der Waals surface area contributed by atoms with Gasteiger partial charge >= 0.3 is 0 Å². The summed E-state index contributed by atoms with van der Waals surface area (Å²) in [4.78, 5) is 6.75. The van der Waals surface area contributed by atoms with Gasteiger partial charge in [-0.05, 0) is 38.3 Å². The number of hydrogen-bond donors (Lipinski definition) is 2. The molecule has 0 spiro atoms. The Balaban J connectivity index is 3.38. The Morgan fingerprint density at radius 2 is 2.11 bits per heavy atom. The molecule has 19 heavy (non-hydrogen) atoms. The van der Waals surface area contributed by atoms with Crippen molar-refractivity contribution in [3.8, 4) is 0 Å². The zero-order chi connectivity index (χ0) is 14.6. The molecule has 0 aliphatic carbocycles. The third-order valence-electron chi connectivity index (χ3n) is 2.96. The van der Waals surface area contributed by atoms with E-state index in [9.17, 15) is 0 Å². The fraction of sp³-hybridized carbons (Fsp3) is 0.571. The van der Waals surface area contributed by atoms with Crippen LogP contribution in [0.1, 0.15) is 37.6 Å². The lowest BCUT2D eigenvalue weighted by molar-refractivity contribution is 0.318. The summed E-state index contributed by atoms with van der Waals surface area (Å²) in [6, 6.07) is 1.94. The fourth-order valence-electron chi connectivity index (χ4n) is 2.22. The second-order valence-electron chi connectivity index (χ2n) is 5.20. The summed E-state index contributed by atoms with van der Waals surface area (Å²) < 4.78 is 0. The first-order valence-corrected chi connectivity index (χ1v) is 6.61. The highest BCUT2D eigenvalue weighted by Gasteiger charge is 2.18. The van der Waals surface area contributed by atoms with E-state index in [1.165, 1.54) is 0 Å². The summed E-state index contributed by atoms with van der Waals surface area (Å²) >= 11 is 0. The highest BCUT2D eigenvalue weighted by atomic mass is 16.4. The lowest BCUT2D eigenvalue weighted by atomic mass is 10.1. The average Bonchev–Trinajstić information content (AvgIpc) is 2.33. The van der Waals surface area contributed by atoms with Gasteiger partial charge in [0, 0.05) is 18.8 Å². The maximum Gasteiger partial charge on any atom is 0.174 e. The van der Waals surface area contributed by atoms with Crippen LogP contribution < -0.4 is 10.6 Å². The summed E-state index contributed by atoms with van der Waals surface area (Å²) in [5.41, 5.74) is 8.43. The zero-order valence-electron chi connectivity index (χ0n) is 12.4. The lowest BCUT2D eigenvalue weighted by Crippen LogP contribution is -2.31. The topological polar surface area (TPSA) is 74.7 Å². The van der Waals surface area contributed by atoms with Gasteiger partial charge in [0.25, 0.3) is 0 Å². The molecule has 0 unspecified atom stereocenters. The monoisotopic (exact) mass is 264 g/mol. The first-order chi connectivity index (χ1) is 8.90. The van der Waals surface area contributed by atoms with E-state index in [0.717, 1.165) is 35.7 Å². The molecule has 0 aromatic carbocycles. The summed E-state index contributed by atoms with van der Waals surface area (Å²) in [7, 11) is 0. The van der Waals surface area contributed by atoms with Crippen molar-refractivity contribution in [2.45, 2.75) is 34.6 Å². The molecule has 1 aromatic heterocycles. The van der Waals surface area contributed by atoms with E-state index in [1.807, 2.05) is 19.9 Å². The van der Waals surface area contributed by atoms with Gasteiger partial charge in [0.1, 0.15) is 5.82 Å². The van der Waals surface area contributed by atoms with Crippen LogP contribution in [-0.2, 0) is 0 Å². The molecule has 0 atom stereocenters. The predicted molar refractivity (Wildman–Crippen MR) is 78.9 cm³/mol. The SMILES string of the molecule is CCN(CC(C)C)c1nc(C)cc(C)c1/C(N)=N/O. The van der Waals surface area contributed by atoms with Gasteiger partial charge in [0.15, 0.2) is 5.84 Å². The largest absolute Gasteiger partial charge is 0.409 e. The van der Waals surface area contributed by atoms with Crippen LogP contribution in [0.15, 0.2) is 11.2 Å². The Bertz CT molecular complexity index is 469. The Kier molecular flexibility index (Phi) is 5.15. The van der Waals surface area contributed by atoms with E-state index in [2.05, 4.69) is 35.8 Å². The molecular weight excluding hydrogens is 240 g/mol. The third kappa shape index (κ3) is 3.59. The number of aryl methyl sites for hydroxylation is 2. The Hall–Kier alpha value is -1.78. The third-order valence-corrected chi connectivity index (χ3v) is 2.96. The van der Waals surface area contributed by atoms with Crippen LogP contribution in [0, 0.1) is 19.8 Å². The molecule has 106 valence electrons. The van der Waals surface area contributed by atoms with Crippen LogP contribution in [0.25, 0.3) is 0 Å². The molecule has 5 heteroatoms. The first-order valence-electron chi connectivity index (χ1n) is 6.61. The first kappa shape index (κ1) is 15.3. The number of amidine groups is 1. The molecule has 0 bridgehead atoms. The maximum absolute atomic E-state index is 8.96. The molecule has 0 aliphatic rings. The molecule has 0 fully saturated rings. The number of oxime groups is 1. The van der Waals surface area contributed by atoms with Crippen molar-refractivity contribution >= 4 is 11.7 Å². The van der Waals surface area contributed by atoms with Gasteiger partial charge in [-0.2, -0.15) is 0 Å². The van der Waals surface area contributed by atoms with Crippen LogP contribution in [0.5, 0.6) is 0 Å². The number of rotatable bonds is 5. The van der Waals surface area contributed by atoms with Crippen LogP contribution in [0.2, 0.25) is 0 Å². The maximum atomic E-state index is 8.96. The van der Waals surface area contributed by atoms with E-state index in [4.69, 9.17) is 10.9 Å². The van der Waals surface area contributed by atoms with Gasteiger partial charge < -0.3 is 15.8 Å². The van der Waals surface area contributed by atoms with Crippen molar-refractivity contribution in [1.82, 2.24) is 4.98 Å². The van der Waals surface area contributed by atoms with Crippen LogP contribution >= 0.6 is 0 Å². The van der Waals surface area contributed by atoms with Crippen molar-refractivity contribution in [2.24, 2.45) is 16.8 Å². The smallest absolute Gasteiger partial charge is 0.174 e. The zero-order valence-corrected chi connectivity index (χ0v) is 12.4. The summed E-state index contributed by atoms with van der Waals surface area (Å²) in [5, 5.41) is 12.1. The molecule has 3 N–H and O–H groups in total. The van der Waals surface area contributed by atoms with Crippen molar-refractivity contribution in [3.05, 3.63) is 22.9 Å². The Morgan fingerprint density at radius 3 is 2.58 bits per heavy atom. The minimum Gasteiger partial charge on any atom is -0.409 e. The molecule has 1 aromatic rings. The standard InChI is InChI=1S/C14H24N4O/c1-6-18(8-9(2)3)14-12(13(15)17-19)10(4)7-11(5)16-14/h7,9,19H,6,8H2,1-5H3,(H2,15,17).